The molecule has 1 saturated carbocycles. The Morgan fingerprint density at radius 2 is 1.77 bits per heavy atom. The van der Waals surface area contributed by atoms with E-state index in [-0.39, 0.29) is 23.5 Å². The molecule has 0 aromatic heterocycles. The first-order chi connectivity index (χ1) is 12.5. The Hall–Kier alpha value is -2.21. The summed E-state index contributed by atoms with van der Waals surface area (Å²) >= 11 is 3.23. The van der Waals surface area contributed by atoms with Crippen LogP contribution in [0.4, 0.5) is 15.8 Å². The van der Waals surface area contributed by atoms with Crippen LogP contribution in [0, 0.1) is 11.7 Å². The standard InChI is InChI=1S/C20H20BrFN2O2/c21-17-12-15(22)9-10-18(17)24-20(26)14-7-4-8-16(11-14)23-19(25)13-5-2-1-3-6-13/h4,7-13H,1-3,5-6H2,(H,23,25)(H,24,26). The van der Waals surface area contributed by atoms with Gasteiger partial charge in [0, 0.05) is 21.6 Å². The highest BCUT2D eigenvalue weighted by Gasteiger charge is 2.21. The fourth-order valence-electron chi connectivity index (χ4n) is 3.13. The number of amides is 2. The van der Waals surface area contributed by atoms with Gasteiger partial charge in [-0.05, 0) is 65.2 Å². The molecule has 0 atom stereocenters. The van der Waals surface area contributed by atoms with Crippen molar-refractivity contribution in [3.8, 4) is 0 Å². The zero-order chi connectivity index (χ0) is 18.5. The Bertz CT molecular complexity index is 819. The van der Waals surface area contributed by atoms with Crippen molar-refractivity contribution in [2.75, 3.05) is 10.6 Å². The zero-order valence-electron chi connectivity index (χ0n) is 14.2. The van der Waals surface area contributed by atoms with Gasteiger partial charge in [0.05, 0.1) is 5.69 Å². The van der Waals surface area contributed by atoms with E-state index < -0.39 is 0 Å². The lowest BCUT2D eigenvalue weighted by atomic mass is 9.88. The largest absolute Gasteiger partial charge is 0.326 e. The van der Waals surface area contributed by atoms with Crippen LogP contribution in [0.1, 0.15) is 42.5 Å². The van der Waals surface area contributed by atoms with E-state index in [2.05, 4.69) is 26.6 Å². The number of hydrogen-bond donors (Lipinski definition) is 2. The molecule has 1 aliphatic rings. The third kappa shape index (κ3) is 4.69. The number of nitrogens with one attached hydrogen (secondary N) is 2. The summed E-state index contributed by atoms with van der Waals surface area (Å²) in [5.74, 6) is -0.645. The number of hydrogen-bond acceptors (Lipinski definition) is 2. The maximum atomic E-state index is 13.2. The molecule has 6 heteroatoms. The fourth-order valence-corrected chi connectivity index (χ4v) is 3.58. The maximum Gasteiger partial charge on any atom is 0.255 e. The predicted octanol–water partition coefficient (Wildman–Crippen LogP) is 5.36. The van der Waals surface area contributed by atoms with E-state index >= 15 is 0 Å². The quantitative estimate of drug-likeness (QED) is 0.701. The second-order valence-corrected chi connectivity index (χ2v) is 7.34. The van der Waals surface area contributed by atoms with Crippen LogP contribution in [0.15, 0.2) is 46.9 Å². The van der Waals surface area contributed by atoms with Crippen molar-refractivity contribution in [3.05, 3.63) is 58.3 Å². The van der Waals surface area contributed by atoms with E-state index in [1.54, 1.807) is 24.3 Å². The van der Waals surface area contributed by atoms with Crippen LogP contribution < -0.4 is 10.6 Å². The Morgan fingerprint density at radius 1 is 1.00 bits per heavy atom. The van der Waals surface area contributed by atoms with Crippen molar-refractivity contribution < 1.29 is 14.0 Å². The summed E-state index contributed by atoms with van der Waals surface area (Å²) in [5, 5.41) is 5.64. The van der Waals surface area contributed by atoms with Gasteiger partial charge < -0.3 is 10.6 Å². The third-order valence-corrected chi connectivity index (χ3v) is 5.20. The van der Waals surface area contributed by atoms with E-state index in [1.807, 2.05) is 0 Å². The highest BCUT2D eigenvalue weighted by Crippen LogP contribution is 2.26. The van der Waals surface area contributed by atoms with Gasteiger partial charge in [0.25, 0.3) is 5.91 Å². The lowest BCUT2D eigenvalue weighted by Crippen LogP contribution is -2.24. The summed E-state index contributed by atoms with van der Waals surface area (Å²) in [6.07, 6.45) is 5.22. The molecule has 2 amide bonds. The molecule has 2 aromatic carbocycles. The molecule has 2 N–H and O–H groups in total. The van der Waals surface area contributed by atoms with Gasteiger partial charge >= 0.3 is 0 Å². The van der Waals surface area contributed by atoms with Crippen molar-refractivity contribution in [2.45, 2.75) is 32.1 Å². The van der Waals surface area contributed by atoms with E-state index in [9.17, 15) is 14.0 Å². The second-order valence-electron chi connectivity index (χ2n) is 6.48. The average Bonchev–Trinajstić information content (AvgIpc) is 2.65. The molecule has 0 heterocycles. The molecule has 2 aromatic rings. The lowest BCUT2D eigenvalue weighted by molar-refractivity contribution is -0.120. The Balaban J connectivity index is 1.68. The minimum Gasteiger partial charge on any atom is -0.326 e. The molecule has 26 heavy (non-hydrogen) atoms. The van der Waals surface area contributed by atoms with Gasteiger partial charge in [0.15, 0.2) is 0 Å². The number of anilines is 2. The summed E-state index contributed by atoms with van der Waals surface area (Å²) in [5.41, 5.74) is 1.50. The second kappa shape index (κ2) is 8.45. The number of carbonyl (C=O) groups excluding carboxylic acids is 2. The smallest absolute Gasteiger partial charge is 0.255 e. The molecule has 0 spiro atoms. The van der Waals surface area contributed by atoms with Gasteiger partial charge in [-0.2, -0.15) is 0 Å². The molecule has 1 fully saturated rings. The lowest BCUT2D eigenvalue weighted by Gasteiger charge is -2.20. The number of carbonyl (C=O) groups is 2. The summed E-state index contributed by atoms with van der Waals surface area (Å²) < 4.78 is 13.6. The predicted molar refractivity (Wildman–Crippen MR) is 104 cm³/mol. The van der Waals surface area contributed by atoms with E-state index in [1.165, 1.54) is 24.6 Å². The fraction of sp³-hybridized carbons (Fsp3) is 0.300. The topological polar surface area (TPSA) is 58.2 Å². The van der Waals surface area contributed by atoms with Gasteiger partial charge in [0.2, 0.25) is 5.91 Å². The first-order valence-corrected chi connectivity index (χ1v) is 9.49. The Morgan fingerprint density at radius 3 is 2.50 bits per heavy atom. The van der Waals surface area contributed by atoms with Gasteiger partial charge in [-0.3, -0.25) is 9.59 Å². The van der Waals surface area contributed by atoms with Crippen molar-refractivity contribution in [1.29, 1.82) is 0 Å². The molecule has 0 saturated heterocycles. The summed E-state index contributed by atoms with van der Waals surface area (Å²) in [7, 11) is 0. The monoisotopic (exact) mass is 418 g/mol. The molecule has 1 aliphatic carbocycles. The summed E-state index contributed by atoms with van der Waals surface area (Å²) in [6, 6.07) is 10.9. The van der Waals surface area contributed by atoms with Crippen LogP contribution in [-0.2, 0) is 4.79 Å². The van der Waals surface area contributed by atoms with Crippen LogP contribution in [0.25, 0.3) is 0 Å². The SMILES string of the molecule is O=C(Nc1ccc(F)cc1Br)c1cccc(NC(=O)C2CCCCC2)c1. The first kappa shape index (κ1) is 18.6. The van der Waals surface area contributed by atoms with Crippen LogP contribution in [0.2, 0.25) is 0 Å². The van der Waals surface area contributed by atoms with Crippen LogP contribution in [0.3, 0.4) is 0 Å². The molecule has 3 rings (SSSR count). The van der Waals surface area contributed by atoms with Crippen LogP contribution in [-0.4, -0.2) is 11.8 Å². The zero-order valence-corrected chi connectivity index (χ0v) is 15.8. The Labute approximate surface area is 160 Å². The van der Waals surface area contributed by atoms with Crippen LogP contribution in [0.5, 0.6) is 0 Å². The van der Waals surface area contributed by atoms with Crippen molar-refractivity contribution in [1.82, 2.24) is 0 Å². The summed E-state index contributed by atoms with van der Waals surface area (Å²) in [4.78, 5) is 24.8. The molecule has 4 nitrogen and oxygen atoms in total. The van der Waals surface area contributed by atoms with E-state index in [0.29, 0.717) is 21.4 Å². The normalized spacial score (nSPS) is 14.7. The first-order valence-electron chi connectivity index (χ1n) is 8.70. The molecule has 0 bridgehead atoms. The maximum absolute atomic E-state index is 13.2. The Kier molecular flexibility index (Phi) is 6.04. The number of benzene rings is 2. The van der Waals surface area contributed by atoms with Gasteiger partial charge in [0.1, 0.15) is 5.82 Å². The highest BCUT2D eigenvalue weighted by molar-refractivity contribution is 9.10. The van der Waals surface area contributed by atoms with E-state index in [4.69, 9.17) is 0 Å². The molecule has 0 radical (unpaired) electrons. The van der Waals surface area contributed by atoms with Crippen LogP contribution >= 0.6 is 15.9 Å². The van der Waals surface area contributed by atoms with E-state index in [0.717, 1.165) is 25.7 Å². The van der Waals surface area contributed by atoms with Crippen molar-refractivity contribution >= 4 is 39.1 Å². The van der Waals surface area contributed by atoms with Crippen molar-refractivity contribution in [2.24, 2.45) is 5.92 Å². The highest BCUT2D eigenvalue weighted by atomic mass is 79.9. The molecule has 0 unspecified atom stereocenters. The number of rotatable bonds is 4. The minimum absolute atomic E-state index is 0.0172. The summed E-state index contributed by atoms with van der Waals surface area (Å²) in [6.45, 7) is 0. The van der Waals surface area contributed by atoms with Gasteiger partial charge in [-0.1, -0.05) is 25.3 Å². The molecular formula is C20H20BrFN2O2. The molecular weight excluding hydrogens is 399 g/mol. The van der Waals surface area contributed by atoms with Gasteiger partial charge in [-0.25, -0.2) is 4.39 Å². The van der Waals surface area contributed by atoms with Gasteiger partial charge in [-0.15, -0.1) is 0 Å². The van der Waals surface area contributed by atoms with Crippen molar-refractivity contribution in [3.63, 3.8) is 0 Å². The minimum atomic E-state index is -0.387. The number of halogens is 2. The molecule has 136 valence electrons. The molecule has 0 aliphatic heterocycles. The third-order valence-electron chi connectivity index (χ3n) is 4.55. The average molecular weight is 419 g/mol.